The predicted molar refractivity (Wildman–Crippen MR) is 105 cm³/mol. The van der Waals surface area contributed by atoms with E-state index in [1.807, 2.05) is 12.1 Å². The molecular weight excluding hydrogens is 380 g/mol. The van der Waals surface area contributed by atoms with Crippen molar-refractivity contribution < 1.29 is 17.6 Å². The van der Waals surface area contributed by atoms with E-state index >= 15 is 0 Å². The van der Waals surface area contributed by atoms with E-state index in [1.165, 1.54) is 23.3 Å². The van der Waals surface area contributed by atoms with E-state index in [1.54, 1.807) is 18.4 Å². The molecule has 152 valence electrons. The van der Waals surface area contributed by atoms with Gasteiger partial charge >= 0.3 is 0 Å². The number of sulfonamides is 1. The van der Waals surface area contributed by atoms with Crippen molar-refractivity contribution in [1.29, 1.82) is 0 Å². The number of nitrogens with zero attached hydrogens (tertiary/aromatic N) is 3. The number of furan rings is 1. The van der Waals surface area contributed by atoms with Crippen LogP contribution in [0.5, 0.6) is 0 Å². The zero-order chi connectivity index (χ0) is 19.4. The Hall–Kier alpha value is -1.94. The second-order valence-electron chi connectivity index (χ2n) is 7.05. The molecule has 4 rings (SSSR count). The predicted octanol–water partition coefficient (Wildman–Crippen LogP) is 1.94. The molecule has 0 amide bonds. The van der Waals surface area contributed by atoms with Gasteiger partial charge < -0.3 is 14.5 Å². The zero-order valence-corrected chi connectivity index (χ0v) is 16.6. The molecule has 2 aliphatic heterocycles. The Morgan fingerprint density at radius 2 is 1.89 bits per heavy atom. The van der Waals surface area contributed by atoms with Crippen LogP contribution < -0.4 is 5.32 Å². The average Bonchev–Trinajstić information content (AvgIpc) is 3.44. The third-order valence-electron chi connectivity index (χ3n) is 5.27. The van der Waals surface area contributed by atoms with E-state index in [4.69, 9.17) is 9.15 Å². The molecule has 2 saturated heterocycles. The molecule has 4 heterocycles. The summed E-state index contributed by atoms with van der Waals surface area (Å²) in [5, 5.41) is 3.33. The normalized spacial score (nSPS) is 20.3. The Kier molecular flexibility index (Phi) is 5.96. The molecule has 8 nitrogen and oxygen atoms in total. The molecule has 9 heteroatoms. The summed E-state index contributed by atoms with van der Waals surface area (Å²) in [6, 6.07) is 7.36. The topological polar surface area (TPSA) is 87.9 Å². The van der Waals surface area contributed by atoms with Crippen LogP contribution in [0.3, 0.4) is 0 Å². The monoisotopic (exact) mass is 406 g/mol. The highest BCUT2D eigenvalue weighted by Crippen LogP contribution is 2.26. The molecule has 0 bridgehead atoms. The van der Waals surface area contributed by atoms with Gasteiger partial charge in [0.05, 0.1) is 25.5 Å². The first-order valence-electron chi connectivity index (χ1n) is 9.70. The van der Waals surface area contributed by atoms with Crippen LogP contribution in [0.15, 0.2) is 46.0 Å². The van der Waals surface area contributed by atoms with Gasteiger partial charge in [0.25, 0.3) is 0 Å². The van der Waals surface area contributed by atoms with E-state index in [0.717, 1.165) is 18.8 Å². The molecule has 0 aromatic carbocycles. The maximum absolute atomic E-state index is 12.7. The molecule has 28 heavy (non-hydrogen) atoms. The van der Waals surface area contributed by atoms with Crippen molar-refractivity contribution in [3.63, 3.8) is 0 Å². The minimum Gasteiger partial charge on any atom is -0.468 e. The molecule has 0 saturated carbocycles. The van der Waals surface area contributed by atoms with Crippen molar-refractivity contribution in [2.45, 2.75) is 23.8 Å². The minimum absolute atomic E-state index is 0.135. The average molecular weight is 407 g/mol. The standard InChI is InChI=1S/C19H26N4O4S/c24-28(25,23-9-12-26-13-10-23)16-5-6-19(20-14-16)21-15-17(18-4-3-11-27-18)22-7-1-2-8-22/h3-6,11,14,17H,1-2,7-10,12-13,15H2,(H,20,21). The molecule has 0 aliphatic carbocycles. The van der Waals surface area contributed by atoms with E-state index < -0.39 is 10.0 Å². The lowest BCUT2D eigenvalue weighted by molar-refractivity contribution is 0.0730. The van der Waals surface area contributed by atoms with Crippen molar-refractivity contribution >= 4 is 15.8 Å². The molecule has 1 N–H and O–H groups in total. The summed E-state index contributed by atoms with van der Waals surface area (Å²) < 4.78 is 37.7. The van der Waals surface area contributed by atoms with E-state index in [9.17, 15) is 8.42 Å². The van der Waals surface area contributed by atoms with E-state index in [2.05, 4.69) is 15.2 Å². The Bertz CT molecular complexity index is 843. The van der Waals surface area contributed by atoms with Crippen LogP contribution >= 0.6 is 0 Å². The van der Waals surface area contributed by atoms with Crippen LogP contribution in [0, 0.1) is 0 Å². The van der Waals surface area contributed by atoms with Gasteiger partial charge in [-0.15, -0.1) is 0 Å². The summed E-state index contributed by atoms with van der Waals surface area (Å²) in [5.41, 5.74) is 0. The van der Waals surface area contributed by atoms with Gasteiger partial charge in [-0.25, -0.2) is 13.4 Å². The van der Waals surface area contributed by atoms with Crippen molar-refractivity contribution in [3.05, 3.63) is 42.5 Å². The highest BCUT2D eigenvalue weighted by molar-refractivity contribution is 7.89. The summed E-state index contributed by atoms with van der Waals surface area (Å²) in [6.45, 7) is 4.37. The van der Waals surface area contributed by atoms with Gasteiger partial charge in [0, 0.05) is 25.8 Å². The highest BCUT2D eigenvalue weighted by Gasteiger charge is 2.27. The number of hydrogen-bond donors (Lipinski definition) is 1. The van der Waals surface area contributed by atoms with Gasteiger partial charge in [-0.1, -0.05) is 0 Å². The number of hydrogen-bond acceptors (Lipinski definition) is 7. The number of aromatic nitrogens is 1. The number of anilines is 1. The lowest BCUT2D eigenvalue weighted by Crippen LogP contribution is -2.40. The molecule has 0 radical (unpaired) electrons. The first-order chi connectivity index (χ1) is 13.6. The number of rotatable bonds is 7. The summed E-state index contributed by atoms with van der Waals surface area (Å²) in [7, 11) is -3.52. The van der Waals surface area contributed by atoms with E-state index in [-0.39, 0.29) is 10.9 Å². The highest BCUT2D eigenvalue weighted by atomic mass is 32.2. The first-order valence-corrected chi connectivity index (χ1v) is 11.1. The second-order valence-corrected chi connectivity index (χ2v) is 8.99. The van der Waals surface area contributed by atoms with Gasteiger partial charge in [-0.05, 0) is 50.2 Å². The van der Waals surface area contributed by atoms with Crippen molar-refractivity contribution in [1.82, 2.24) is 14.2 Å². The number of morpholine rings is 1. The third kappa shape index (κ3) is 4.22. The molecule has 2 aromatic heterocycles. The van der Waals surface area contributed by atoms with Crippen molar-refractivity contribution in [2.24, 2.45) is 0 Å². The number of nitrogens with one attached hydrogen (secondary N) is 1. The molecule has 2 aromatic rings. The molecule has 0 spiro atoms. The smallest absolute Gasteiger partial charge is 0.244 e. The van der Waals surface area contributed by atoms with Crippen molar-refractivity contribution in [2.75, 3.05) is 51.3 Å². The van der Waals surface area contributed by atoms with Crippen LogP contribution in [-0.4, -0.2) is 68.5 Å². The van der Waals surface area contributed by atoms with Crippen LogP contribution in [0.25, 0.3) is 0 Å². The first kappa shape index (κ1) is 19.4. The quantitative estimate of drug-likeness (QED) is 0.752. The minimum atomic E-state index is -3.52. The van der Waals surface area contributed by atoms with Gasteiger partial charge in [-0.3, -0.25) is 4.90 Å². The van der Waals surface area contributed by atoms with E-state index in [0.29, 0.717) is 38.7 Å². The fourth-order valence-electron chi connectivity index (χ4n) is 3.72. The maximum atomic E-state index is 12.7. The van der Waals surface area contributed by atoms with Crippen LogP contribution in [0.2, 0.25) is 0 Å². The SMILES string of the molecule is O=S(=O)(c1ccc(NCC(c2ccco2)N2CCCC2)nc1)N1CCOCC1. The third-order valence-corrected chi connectivity index (χ3v) is 7.16. The Labute approximate surface area is 165 Å². The van der Waals surface area contributed by atoms with Gasteiger partial charge in [-0.2, -0.15) is 4.31 Å². The maximum Gasteiger partial charge on any atom is 0.244 e. The number of ether oxygens (including phenoxy) is 1. The van der Waals surface area contributed by atoms with Crippen LogP contribution in [0.4, 0.5) is 5.82 Å². The summed E-state index contributed by atoms with van der Waals surface area (Å²) in [4.78, 5) is 6.94. The number of pyridine rings is 1. The summed E-state index contributed by atoms with van der Waals surface area (Å²) >= 11 is 0. The molecule has 1 atom stereocenters. The van der Waals surface area contributed by atoms with Crippen LogP contribution in [-0.2, 0) is 14.8 Å². The second kappa shape index (κ2) is 8.60. The number of likely N-dealkylation sites (tertiary alicyclic amines) is 1. The zero-order valence-electron chi connectivity index (χ0n) is 15.8. The fourth-order valence-corrected chi connectivity index (χ4v) is 5.07. The lowest BCUT2D eigenvalue weighted by Gasteiger charge is -2.26. The molecular formula is C19H26N4O4S. The van der Waals surface area contributed by atoms with Gasteiger partial charge in [0.15, 0.2) is 0 Å². The molecule has 2 aliphatic rings. The summed E-state index contributed by atoms with van der Waals surface area (Å²) in [6.07, 6.45) is 5.51. The summed E-state index contributed by atoms with van der Waals surface area (Å²) in [5.74, 6) is 1.58. The fraction of sp³-hybridized carbons (Fsp3) is 0.526. The largest absolute Gasteiger partial charge is 0.468 e. The van der Waals surface area contributed by atoms with Crippen LogP contribution in [0.1, 0.15) is 24.6 Å². The molecule has 1 unspecified atom stereocenters. The lowest BCUT2D eigenvalue weighted by atomic mass is 10.2. The van der Waals surface area contributed by atoms with Gasteiger partial charge in [0.2, 0.25) is 10.0 Å². The Morgan fingerprint density at radius 3 is 2.54 bits per heavy atom. The van der Waals surface area contributed by atoms with Crippen molar-refractivity contribution in [3.8, 4) is 0 Å². The Morgan fingerprint density at radius 1 is 1.11 bits per heavy atom. The Balaban J connectivity index is 1.42. The molecule has 2 fully saturated rings. The van der Waals surface area contributed by atoms with Gasteiger partial charge in [0.1, 0.15) is 16.5 Å².